The molecule has 2 aromatic rings. The summed E-state index contributed by atoms with van der Waals surface area (Å²) in [4.78, 5) is 23.3. The number of rotatable bonds is 5. The monoisotopic (exact) mass is 359 g/mol. The van der Waals surface area contributed by atoms with Crippen LogP contribution < -0.4 is 20.9 Å². The van der Waals surface area contributed by atoms with Gasteiger partial charge in [-0.1, -0.05) is 18.2 Å². The largest absolute Gasteiger partial charge is 0.483 e. The molecular weight excluding hydrogens is 342 g/mol. The van der Waals surface area contributed by atoms with Crippen molar-refractivity contribution in [2.24, 2.45) is 0 Å². The first-order chi connectivity index (χ1) is 12.0. The number of hydrogen-bond acceptors (Lipinski definition) is 5. The number of hydrazine groups is 1. The average molecular weight is 359 g/mol. The molecule has 0 saturated heterocycles. The molecule has 3 N–H and O–H groups in total. The average Bonchev–Trinajstić information content (AvgIpc) is 3.11. The maximum atomic E-state index is 11.7. The lowest BCUT2D eigenvalue weighted by Crippen LogP contribution is -2.49. The molecule has 1 heterocycles. The van der Waals surface area contributed by atoms with Gasteiger partial charge < -0.3 is 9.15 Å². The van der Waals surface area contributed by atoms with Crippen molar-refractivity contribution in [1.29, 1.82) is 0 Å². The van der Waals surface area contributed by atoms with Crippen molar-refractivity contribution in [3.8, 4) is 5.75 Å². The van der Waals surface area contributed by atoms with E-state index in [1.807, 2.05) is 25.1 Å². The molecule has 8 heteroatoms. The highest BCUT2D eigenvalue weighted by Crippen LogP contribution is 2.15. The van der Waals surface area contributed by atoms with Crippen LogP contribution in [0.5, 0.6) is 5.75 Å². The number of para-hydroxylation sites is 1. The molecular formula is C17H17N3O4S. The Hall–Kier alpha value is -3.13. The van der Waals surface area contributed by atoms with Crippen LogP contribution in [-0.2, 0) is 9.59 Å². The lowest BCUT2D eigenvalue weighted by molar-refractivity contribution is -0.123. The fourth-order valence-corrected chi connectivity index (χ4v) is 1.90. The molecule has 0 unspecified atom stereocenters. The second-order valence-electron chi connectivity index (χ2n) is 4.89. The predicted octanol–water partition coefficient (Wildman–Crippen LogP) is 1.70. The molecule has 0 saturated carbocycles. The fourth-order valence-electron chi connectivity index (χ4n) is 1.75. The normalized spacial score (nSPS) is 10.3. The lowest BCUT2D eigenvalue weighted by atomic mass is 10.2. The van der Waals surface area contributed by atoms with Crippen molar-refractivity contribution in [3.05, 3.63) is 60.1 Å². The van der Waals surface area contributed by atoms with Crippen molar-refractivity contribution >= 4 is 35.2 Å². The van der Waals surface area contributed by atoms with Gasteiger partial charge in [-0.25, -0.2) is 0 Å². The maximum Gasteiger partial charge on any atom is 0.276 e. The van der Waals surface area contributed by atoms with Gasteiger partial charge in [-0.15, -0.1) is 0 Å². The molecule has 1 aromatic carbocycles. The molecule has 0 aliphatic rings. The molecule has 0 spiro atoms. The number of aryl methyl sites for hydroxylation is 1. The standard InChI is InChI=1S/C17H17N3O4S/c1-12-5-2-3-7-14(12)24-11-16(22)19-20-17(25)18-15(21)9-8-13-6-4-10-23-13/h2-10H,11H2,1H3,(H,19,22)(H2,18,20,21,25). The van der Waals surface area contributed by atoms with Gasteiger partial charge in [0.05, 0.1) is 6.26 Å². The summed E-state index contributed by atoms with van der Waals surface area (Å²) in [6.45, 7) is 1.69. The van der Waals surface area contributed by atoms with E-state index in [0.717, 1.165) is 5.56 Å². The molecule has 0 aliphatic heterocycles. The SMILES string of the molecule is Cc1ccccc1OCC(=O)NNC(=S)NC(=O)C=Cc1ccco1. The van der Waals surface area contributed by atoms with Crippen molar-refractivity contribution in [2.75, 3.05) is 6.61 Å². The van der Waals surface area contributed by atoms with Crippen molar-refractivity contribution in [2.45, 2.75) is 6.92 Å². The Balaban J connectivity index is 1.68. The fraction of sp³-hybridized carbons (Fsp3) is 0.118. The number of carbonyl (C=O) groups excluding carboxylic acids is 2. The Bertz CT molecular complexity index is 772. The van der Waals surface area contributed by atoms with E-state index in [9.17, 15) is 9.59 Å². The number of thiocarbonyl (C=S) groups is 1. The van der Waals surface area contributed by atoms with Crippen LogP contribution in [0.2, 0.25) is 0 Å². The molecule has 130 valence electrons. The summed E-state index contributed by atoms with van der Waals surface area (Å²) in [5.74, 6) is 0.262. The Morgan fingerprint density at radius 1 is 1.20 bits per heavy atom. The molecule has 0 fully saturated rings. The van der Waals surface area contributed by atoms with E-state index < -0.39 is 11.8 Å². The van der Waals surface area contributed by atoms with Crippen molar-refractivity contribution in [1.82, 2.24) is 16.2 Å². The first-order valence-electron chi connectivity index (χ1n) is 7.34. The Kier molecular flexibility index (Phi) is 6.73. The van der Waals surface area contributed by atoms with Gasteiger partial charge >= 0.3 is 0 Å². The molecule has 0 atom stereocenters. The Morgan fingerprint density at radius 3 is 2.72 bits per heavy atom. The van der Waals surface area contributed by atoms with E-state index in [4.69, 9.17) is 21.4 Å². The topological polar surface area (TPSA) is 92.6 Å². The minimum Gasteiger partial charge on any atom is -0.483 e. The highest BCUT2D eigenvalue weighted by Gasteiger charge is 2.06. The minimum absolute atomic E-state index is 0.0432. The van der Waals surface area contributed by atoms with Gasteiger partial charge in [0.25, 0.3) is 5.91 Å². The second-order valence-corrected chi connectivity index (χ2v) is 5.30. The highest BCUT2D eigenvalue weighted by molar-refractivity contribution is 7.80. The van der Waals surface area contributed by atoms with E-state index in [-0.39, 0.29) is 11.7 Å². The number of ether oxygens (including phenoxy) is 1. The van der Waals surface area contributed by atoms with Crippen LogP contribution >= 0.6 is 12.2 Å². The number of hydrogen-bond donors (Lipinski definition) is 3. The van der Waals surface area contributed by atoms with E-state index in [1.165, 1.54) is 18.4 Å². The number of furan rings is 1. The van der Waals surface area contributed by atoms with E-state index >= 15 is 0 Å². The minimum atomic E-state index is -0.459. The zero-order valence-corrected chi connectivity index (χ0v) is 14.3. The number of benzene rings is 1. The van der Waals surface area contributed by atoms with Crippen LogP contribution in [0.4, 0.5) is 0 Å². The summed E-state index contributed by atoms with van der Waals surface area (Å²) in [7, 11) is 0. The van der Waals surface area contributed by atoms with Gasteiger partial charge in [0.2, 0.25) is 5.91 Å². The van der Waals surface area contributed by atoms with Gasteiger partial charge in [0.1, 0.15) is 11.5 Å². The number of nitrogens with one attached hydrogen (secondary N) is 3. The van der Waals surface area contributed by atoms with Crippen molar-refractivity contribution in [3.63, 3.8) is 0 Å². The third-order valence-electron chi connectivity index (χ3n) is 2.95. The van der Waals surface area contributed by atoms with Crippen molar-refractivity contribution < 1.29 is 18.7 Å². The first kappa shape index (κ1) is 18.2. The van der Waals surface area contributed by atoms with Crippen LogP contribution in [-0.4, -0.2) is 23.5 Å². The second kappa shape index (κ2) is 9.24. The molecule has 2 rings (SSSR count). The number of carbonyl (C=O) groups is 2. The summed E-state index contributed by atoms with van der Waals surface area (Å²) in [5, 5.41) is 2.33. The van der Waals surface area contributed by atoms with Crippen LogP contribution in [0.1, 0.15) is 11.3 Å². The maximum absolute atomic E-state index is 11.7. The smallest absolute Gasteiger partial charge is 0.276 e. The van der Waals surface area contributed by atoms with E-state index in [2.05, 4.69) is 16.2 Å². The van der Waals surface area contributed by atoms with Crippen LogP contribution in [0.15, 0.2) is 53.2 Å². The summed E-state index contributed by atoms with van der Waals surface area (Å²) < 4.78 is 10.4. The number of amides is 2. The third-order valence-corrected chi connectivity index (χ3v) is 3.15. The summed E-state index contributed by atoms with van der Waals surface area (Å²) in [6.07, 6.45) is 4.25. The Morgan fingerprint density at radius 2 is 2.00 bits per heavy atom. The molecule has 7 nitrogen and oxygen atoms in total. The zero-order valence-electron chi connectivity index (χ0n) is 13.4. The van der Waals surface area contributed by atoms with E-state index in [0.29, 0.717) is 11.5 Å². The molecule has 0 bridgehead atoms. The molecule has 0 radical (unpaired) electrons. The van der Waals surface area contributed by atoms with Crippen LogP contribution in [0, 0.1) is 6.92 Å². The lowest BCUT2D eigenvalue weighted by Gasteiger charge is -2.11. The molecule has 2 amide bonds. The molecule has 1 aromatic heterocycles. The van der Waals surface area contributed by atoms with Crippen LogP contribution in [0.25, 0.3) is 6.08 Å². The van der Waals surface area contributed by atoms with Gasteiger partial charge in [0.15, 0.2) is 11.7 Å². The first-order valence-corrected chi connectivity index (χ1v) is 7.75. The third kappa shape index (κ3) is 6.48. The summed E-state index contributed by atoms with van der Waals surface area (Å²) >= 11 is 4.91. The van der Waals surface area contributed by atoms with Gasteiger partial charge in [-0.2, -0.15) is 0 Å². The quantitative estimate of drug-likeness (QED) is 0.428. The van der Waals surface area contributed by atoms with Crippen LogP contribution in [0.3, 0.4) is 0 Å². The van der Waals surface area contributed by atoms with Gasteiger partial charge in [-0.3, -0.25) is 25.8 Å². The highest BCUT2D eigenvalue weighted by atomic mass is 32.1. The van der Waals surface area contributed by atoms with E-state index in [1.54, 1.807) is 18.2 Å². The van der Waals surface area contributed by atoms with Gasteiger partial charge in [-0.05, 0) is 49.0 Å². The zero-order chi connectivity index (χ0) is 18.1. The predicted molar refractivity (Wildman–Crippen MR) is 96.4 cm³/mol. The molecule has 0 aliphatic carbocycles. The Labute approximate surface area is 150 Å². The summed E-state index contributed by atoms with van der Waals surface area (Å²) in [5.41, 5.74) is 5.68. The van der Waals surface area contributed by atoms with Gasteiger partial charge in [0, 0.05) is 6.08 Å². The summed E-state index contributed by atoms with van der Waals surface area (Å²) in [6, 6.07) is 10.8. The molecule has 25 heavy (non-hydrogen) atoms.